The molecule has 1 aliphatic rings. The van der Waals surface area contributed by atoms with E-state index in [9.17, 15) is 8.78 Å². The molecule has 2 N–H and O–H groups in total. The third-order valence-corrected chi connectivity index (χ3v) is 4.13. The van der Waals surface area contributed by atoms with E-state index in [0.717, 1.165) is 5.56 Å². The van der Waals surface area contributed by atoms with Crippen molar-refractivity contribution in [3.05, 3.63) is 47.5 Å². The highest BCUT2D eigenvalue weighted by Gasteiger charge is 2.14. The van der Waals surface area contributed by atoms with Crippen molar-refractivity contribution in [2.24, 2.45) is 4.99 Å². The molecule has 7 nitrogen and oxygen atoms in total. The van der Waals surface area contributed by atoms with Crippen LogP contribution in [0.15, 0.2) is 41.4 Å². The summed E-state index contributed by atoms with van der Waals surface area (Å²) in [5, 5.41) is 6.25. The first-order valence-corrected chi connectivity index (χ1v) is 9.11. The number of fused-ring (bicyclic) bond motifs is 1. The topological polar surface area (TPSA) is 73.3 Å². The van der Waals surface area contributed by atoms with Gasteiger partial charge in [-0.3, -0.25) is 0 Å². The Hall–Kier alpha value is -3.23. The Morgan fingerprint density at radius 3 is 2.72 bits per heavy atom. The van der Waals surface area contributed by atoms with E-state index < -0.39 is 6.61 Å². The Bertz CT molecular complexity index is 862. The van der Waals surface area contributed by atoms with Crippen LogP contribution in [0.25, 0.3) is 0 Å². The van der Waals surface area contributed by atoms with Crippen LogP contribution in [-0.2, 0) is 13.1 Å². The maximum Gasteiger partial charge on any atom is 0.387 e. The fraction of sp³-hybridized carbons (Fsp3) is 0.350. The summed E-state index contributed by atoms with van der Waals surface area (Å²) < 4.78 is 45.8. The molecule has 0 bridgehead atoms. The number of aliphatic imine (C=N–C) groups is 1. The maximum atomic E-state index is 12.7. The first-order chi connectivity index (χ1) is 14.1. The van der Waals surface area contributed by atoms with Crippen LogP contribution in [0.5, 0.6) is 23.0 Å². The molecular weight excluding hydrogens is 384 g/mol. The molecule has 1 aliphatic heterocycles. The third kappa shape index (κ3) is 5.63. The molecule has 0 amide bonds. The number of rotatable bonds is 8. The second kappa shape index (κ2) is 9.81. The number of guanidine groups is 1. The molecule has 1 heterocycles. The molecule has 0 saturated carbocycles. The molecule has 156 valence electrons. The summed E-state index contributed by atoms with van der Waals surface area (Å²) in [6.45, 7) is 0.530. The summed E-state index contributed by atoms with van der Waals surface area (Å²) in [5.74, 6) is 2.58. The Morgan fingerprint density at radius 1 is 1.14 bits per heavy atom. The predicted octanol–water partition coefficient (Wildman–Crippen LogP) is 3.28. The fourth-order valence-corrected chi connectivity index (χ4v) is 2.76. The van der Waals surface area contributed by atoms with Crippen LogP contribution >= 0.6 is 0 Å². The number of hydrogen-bond acceptors (Lipinski definition) is 5. The van der Waals surface area contributed by atoms with Crippen molar-refractivity contribution in [1.29, 1.82) is 0 Å². The van der Waals surface area contributed by atoms with Crippen LogP contribution in [0.3, 0.4) is 0 Å². The van der Waals surface area contributed by atoms with Crippen molar-refractivity contribution in [3.63, 3.8) is 0 Å². The van der Waals surface area contributed by atoms with E-state index in [2.05, 4.69) is 20.4 Å². The smallest absolute Gasteiger partial charge is 0.387 e. The first kappa shape index (κ1) is 20.5. The lowest BCUT2D eigenvalue weighted by Crippen LogP contribution is -2.36. The van der Waals surface area contributed by atoms with Crippen molar-refractivity contribution in [2.45, 2.75) is 26.6 Å². The molecule has 0 spiro atoms. The van der Waals surface area contributed by atoms with Crippen molar-refractivity contribution in [3.8, 4) is 23.0 Å². The minimum absolute atomic E-state index is 0.0833. The molecule has 29 heavy (non-hydrogen) atoms. The minimum Gasteiger partial charge on any atom is -0.497 e. The van der Waals surface area contributed by atoms with Gasteiger partial charge in [0.1, 0.15) is 11.5 Å². The highest BCUT2D eigenvalue weighted by molar-refractivity contribution is 5.79. The molecule has 0 aliphatic carbocycles. The second-order valence-corrected chi connectivity index (χ2v) is 6.09. The summed E-state index contributed by atoms with van der Waals surface area (Å²) in [7, 11) is 1.51. The third-order valence-electron chi connectivity index (χ3n) is 4.13. The largest absolute Gasteiger partial charge is 0.497 e. The van der Waals surface area contributed by atoms with E-state index in [1.807, 2.05) is 25.1 Å². The Labute approximate surface area is 167 Å². The van der Waals surface area contributed by atoms with Crippen LogP contribution in [-0.4, -0.2) is 33.0 Å². The molecule has 0 saturated heterocycles. The van der Waals surface area contributed by atoms with Crippen molar-refractivity contribution in [1.82, 2.24) is 10.6 Å². The lowest BCUT2D eigenvalue weighted by atomic mass is 10.2. The van der Waals surface area contributed by atoms with E-state index in [1.165, 1.54) is 13.2 Å². The zero-order valence-corrected chi connectivity index (χ0v) is 16.2. The van der Waals surface area contributed by atoms with Crippen LogP contribution < -0.4 is 29.6 Å². The fourth-order valence-electron chi connectivity index (χ4n) is 2.76. The molecule has 0 aromatic heterocycles. The molecule has 0 atom stereocenters. The normalized spacial score (nSPS) is 12.8. The number of alkyl halides is 2. The minimum atomic E-state index is -2.91. The number of methoxy groups -OCH3 is 1. The highest BCUT2D eigenvalue weighted by Crippen LogP contribution is 2.32. The SMILES string of the molecule is CCNC(=NCc1ccc2c(c1)OCO2)NCc1cc(OC)ccc1OC(F)F. The predicted molar refractivity (Wildman–Crippen MR) is 104 cm³/mol. The second-order valence-electron chi connectivity index (χ2n) is 6.09. The highest BCUT2D eigenvalue weighted by atomic mass is 19.3. The van der Waals surface area contributed by atoms with Crippen LogP contribution in [0, 0.1) is 0 Å². The van der Waals surface area contributed by atoms with Crippen LogP contribution in [0.4, 0.5) is 8.78 Å². The van der Waals surface area contributed by atoms with Gasteiger partial charge in [0.15, 0.2) is 17.5 Å². The summed E-state index contributed by atoms with van der Waals surface area (Å²) in [6.07, 6.45) is 0. The van der Waals surface area contributed by atoms with Crippen LogP contribution in [0.1, 0.15) is 18.1 Å². The van der Waals surface area contributed by atoms with E-state index in [0.29, 0.717) is 41.9 Å². The van der Waals surface area contributed by atoms with Gasteiger partial charge in [-0.2, -0.15) is 8.78 Å². The number of halogens is 2. The summed E-state index contributed by atoms with van der Waals surface area (Å²) in [5.41, 5.74) is 1.48. The monoisotopic (exact) mass is 407 g/mol. The zero-order chi connectivity index (χ0) is 20.6. The maximum absolute atomic E-state index is 12.7. The number of benzene rings is 2. The van der Waals surface area contributed by atoms with Gasteiger partial charge in [-0.25, -0.2) is 4.99 Å². The number of nitrogens with one attached hydrogen (secondary N) is 2. The van der Waals surface area contributed by atoms with Gasteiger partial charge >= 0.3 is 6.61 Å². The number of hydrogen-bond donors (Lipinski definition) is 2. The van der Waals surface area contributed by atoms with Gasteiger partial charge in [0, 0.05) is 18.7 Å². The quantitative estimate of drug-likeness (QED) is 0.517. The van der Waals surface area contributed by atoms with Gasteiger partial charge in [-0.1, -0.05) is 6.07 Å². The van der Waals surface area contributed by atoms with Gasteiger partial charge in [-0.15, -0.1) is 0 Å². The average molecular weight is 407 g/mol. The van der Waals surface area contributed by atoms with Gasteiger partial charge in [0.05, 0.1) is 13.7 Å². The van der Waals surface area contributed by atoms with Gasteiger partial charge < -0.3 is 29.6 Å². The Morgan fingerprint density at radius 2 is 1.97 bits per heavy atom. The first-order valence-electron chi connectivity index (χ1n) is 9.11. The van der Waals surface area contributed by atoms with Crippen molar-refractivity contribution < 1.29 is 27.7 Å². The van der Waals surface area contributed by atoms with E-state index in [-0.39, 0.29) is 19.1 Å². The zero-order valence-electron chi connectivity index (χ0n) is 16.2. The van der Waals surface area contributed by atoms with E-state index >= 15 is 0 Å². The van der Waals surface area contributed by atoms with Gasteiger partial charge in [-0.05, 0) is 42.8 Å². The molecule has 9 heteroatoms. The summed E-state index contributed by atoms with van der Waals surface area (Å²) in [6, 6.07) is 10.3. The molecule has 0 radical (unpaired) electrons. The lowest BCUT2D eigenvalue weighted by Gasteiger charge is -2.15. The molecule has 0 unspecified atom stereocenters. The van der Waals surface area contributed by atoms with Gasteiger partial charge in [0.2, 0.25) is 6.79 Å². The molecule has 0 fully saturated rings. The van der Waals surface area contributed by atoms with Crippen molar-refractivity contribution in [2.75, 3.05) is 20.4 Å². The molecule has 2 aromatic rings. The average Bonchev–Trinajstić information content (AvgIpc) is 3.18. The number of nitrogens with zero attached hydrogens (tertiary/aromatic N) is 1. The van der Waals surface area contributed by atoms with E-state index in [1.54, 1.807) is 12.1 Å². The molecular formula is C20H23F2N3O4. The molecule has 2 aromatic carbocycles. The van der Waals surface area contributed by atoms with Crippen molar-refractivity contribution >= 4 is 5.96 Å². The summed E-state index contributed by atoms with van der Waals surface area (Å²) >= 11 is 0. The number of ether oxygens (including phenoxy) is 4. The molecule has 3 rings (SSSR count). The standard InChI is InChI=1S/C20H23F2N3O4/c1-3-23-20(24-10-13-4-6-17-18(8-13)28-12-27-17)25-11-14-9-15(26-2)5-7-16(14)29-19(21)22/h4-9,19H,3,10-12H2,1-2H3,(H2,23,24,25). The van der Waals surface area contributed by atoms with Gasteiger partial charge in [0.25, 0.3) is 0 Å². The van der Waals surface area contributed by atoms with E-state index in [4.69, 9.17) is 14.2 Å². The Balaban J connectivity index is 1.69. The summed E-state index contributed by atoms with van der Waals surface area (Å²) in [4.78, 5) is 4.54. The Kier molecular flexibility index (Phi) is 6.94. The van der Waals surface area contributed by atoms with Crippen LogP contribution in [0.2, 0.25) is 0 Å². The lowest BCUT2D eigenvalue weighted by molar-refractivity contribution is -0.0505.